The van der Waals surface area contributed by atoms with E-state index in [0.717, 1.165) is 18.9 Å². The third-order valence-corrected chi connectivity index (χ3v) is 4.18. The van der Waals surface area contributed by atoms with E-state index < -0.39 is 0 Å². The number of halogens is 1. The van der Waals surface area contributed by atoms with Crippen LogP contribution in [0.5, 0.6) is 0 Å². The first-order valence-corrected chi connectivity index (χ1v) is 8.15. The molecule has 1 aromatic carbocycles. The summed E-state index contributed by atoms with van der Waals surface area (Å²) in [4.78, 5) is 14.4. The molecular formula is C17H19ClN4O. The van der Waals surface area contributed by atoms with Crippen molar-refractivity contribution >= 4 is 29.0 Å². The predicted molar refractivity (Wildman–Crippen MR) is 92.0 cm³/mol. The molecule has 3 rings (SSSR count). The Morgan fingerprint density at radius 1 is 1.30 bits per heavy atom. The summed E-state index contributed by atoms with van der Waals surface area (Å²) in [6, 6.07) is 10.6. The highest BCUT2D eigenvalue weighted by molar-refractivity contribution is 6.30. The van der Waals surface area contributed by atoms with Crippen LogP contribution in [0.2, 0.25) is 5.02 Å². The smallest absolute Gasteiger partial charge is 0.276 e. The van der Waals surface area contributed by atoms with Crippen LogP contribution in [0.25, 0.3) is 0 Å². The Labute approximate surface area is 140 Å². The largest absolute Gasteiger partial charge is 0.355 e. The molecule has 0 bridgehead atoms. The molecule has 5 nitrogen and oxygen atoms in total. The van der Waals surface area contributed by atoms with Crippen molar-refractivity contribution in [3.63, 3.8) is 0 Å². The number of nitrogens with zero attached hydrogens (tertiary/aromatic N) is 3. The standard InChI is InChI=1S/C17H19ClN4O/c1-12-4-3-9-22(11-12)16-8-7-15(20-21-16)17(23)19-14-6-2-5-13(18)10-14/h2,5-8,10,12H,3-4,9,11H2,1H3,(H,19,23). The fourth-order valence-electron chi connectivity index (χ4n) is 2.77. The lowest BCUT2D eigenvalue weighted by Gasteiger charge is -2.31. The number of anilines is 2. The number of benzene rings is 1. The van der Waals surface area contributed by atoms with Gasteiger partial charge in [0.15, 0.2) is 11.5 Å². The Morgan fingerprint density at radius 3 is 2.87 bits per heavy atom. The molecule has 0 radical (unpaired) electrons. The van der Waals surface area contributed by atoms with Gasteiger partial charge in [0.1, 0.15) is 0 Å². The van der Waals surface area contributed by atoms with Crippen molar-refractivity contribution in [1.29, 1.82) is 0 Å². The normalized spacial score (nSPS) is 17.8. The molecular weight excluding hydrogens is 312 g/mol. The molecule has 1 atom stereocenters. The second-order valence-electron chi connectivity index (χ2n) is 5.93. The van der Waals surface area contributed by atoms with Gasteiger partial charge in [-0.1, -0.05) is 24.6 Å². The lowest BCUT2D eigenvalue weighted by molar-refractivity contribution is 0.102. The second-order valence-corrected chi connectivity index (χ2v) is 6.37. The van der Waals surface area contributed by atoms with Crippen LogP contribution in [0.1, 0.15) is 30.3 Å². The SMILES string of the molecule is CC1CCCN(c2ccc(C(=O)Nc3cccc(Cl)c3)nn2)C1. The first-order chi connectivity index (χ1) is 11.1. The number of aromatic nitrogens is 2. The van der Waals surface area contributed by atoms with Gasteiger partial charge in [-0.05, 0) is 49.1 Å². The van der Waals surface area contributed by atoms with Gasteiger partial charge < -0.3 is 10.2 Å². The fraction of sp³-hybridized carbons (Fsp3) is 0.353. The number of hydrogen-bond donors (Lipinski definition) is 1. The minimum Gasteiger partial charge on any atom is -0.355 e. The highest BCUT2D eigenvalue weighted by Crippen LogP contribution is 2.21. The van der Waals surface area contributed by atoms with Crippen molar-refractivity contribution in [1.82, 2.24) is 10.2 Å². The maximum atomic E-state index is 12.2. The molecule has 120 valence electrons. The molecule has 0 saturated carbocycles. The van der Waals surface area contributed by atoms with E-state index in [1.54, 1.807) is 30.3 Å². The number of piperidine rings is 1. The highest BCUT2D eigenvalue weighted by atomic mass is 35.5. The number of carbonyl (C=O) groups excluding carboxylic acids is 1. The summed E-state index contributed by atoms with van der Waals surface area (Å²) in [6.07, 6.45) is 2.42. The summed E-state index contributed by atoms with van der Waals surface area (Å²) in [5, 5.41) is 11.6. The number of carbonyl (C=O) groups is 1. The monoisotopic (exact) mass is 330 g/mol. The van der Waals surface area contributed by atoms with Crippen molar-refractivity contribution in [3.8, 4) is 0 Å². The van der Waals surface area contributed by atoms with Gasteiger partial charge in [-0.2, -0.15) is 0 Å². The quantitative estimate of drug-likeness (QED) is 0.933. The van der Waals surface area contributed by atoms with E-state index in [0.29, 0.717) is 22.3 Å². The van der Waals surface area contributed by atoms with Crippen molar-refractivity contribution in [3.05, 3.63) is 47.1 Å². The summed E-state index contributed by atoms with van der Waals surface area (Å²) in [5.41, 5.74) is 0.928. The predicted octanol–water partition coefficient (Wildman–Crippen LogP) is 3.62. The Bertz CT molecular complexity index is 689. The average molecular weight is 331 g/mol. The third kappa shape index (κ3) is 3.99. The molecule has 1 aromatic heterocycles. The molecule has 2 aromatic rings. The third-order valence-electron chi connectivity index (χ3n) is 3.95. The van der Waals surface area contributed by atoms with Crippen LogP contribution < -0.4 is 10.2 Å². The first-order valence-electron chi connectivity index (χ1n) is 7.77. The zero-order valence-electron chi connectivity index (χ0n) is 13.0. The van der Waals surface area contributed by atoms with Crippen molar-refractivity contribution in [2.75, 3.05) is 23.3 Å². The molecule has 1 aliphatic rings. The van der Waals surface area contributed by atoms with Gasteiger partial charge in [0, 0.05) is 23.8 Å². The molecule has 2 heterocycles. The topological polar surface area (TPSA) is 58.1 Å². The van der Waals surface area contributed by atoms with Gasteiger partial charge >= 0.3 is 0 Å². The molecule has 1 N–H and O–H groups in total. The van der Waals surface area contributed by atoms with Crippen LogP contribution in [0.15, 0.2) is 36.4 Å². The van der Waals surface area contributed by atoms with Gasteiger partial charge in [-0.15, -0.1) is 10.2 Å². The number of hydrogen-bond acceptors (Lipinski definition) is 4. The molecule has 1 fully saturated rings. The molecule has 23 heavy (non-hydrogen) atoms. The van der Waals surface area contributed by atoms with Crippen LogP contribution in [0.4, 0.5) is 11.5 Å². The zero-order valence-corrected chi connectivity index (χ0v) is 13.8. The molecule has 0 aliphatic carbocycles. The van der Waals surface area contributed by atoms with E-state index >= 15 is 0 Å². The Balaban J connectivity index is 1.68. The van der Waals surface area contributed by atoms with E-state index in [4.69, 9.17) is 11.6 Å². The van der Waals surface area contributed by atoms with Gasteiger partial charge in [0.25, 0.3) is 5.91 Å². The summed E-state index contributed by atoms with van der Waals surface area (Å²) in [7, 11) is 0. The van der Waals surface area contributed by atoms with Gasteiger partial charge in [-0.3, -0.25) is 4.79 Å². The van der Waals surface area contributed by atoms with Crippen LogP contribution in [-0.4, -0.2) is 29.2 Å². The van der Waals surface area contributed by atoms with Crippen molar-refractivity contribution in [2.45, 2.75) is 19.8 Å². The summed E-state index contributed by atoms with van der Waals surface area (Å²) >= 11 is 5.91. The summed E-state index contributed by atoms with van der Waals surface area (Å²) in [6.45, 7) is 4.22. The minimum atomic E-state index is -0.293. The molecule has 6 heteroatoms. The van der Waals surface area contributed by atoms with Gasteiger partial charge in [-0.25, -0.2) is 0 Å². The zero-order chi connectivity index (χ0) is 16.2. The van der Waals surface area contributed by atoms with E-state index in [1.807, 2.05) is 6.07 Å². The van der Waals surface area contributed by atoms with E-state index in [2.05, 4.69) is 27.3 Å². The molecule has 1 saturated heterocycles. The molecule has 1 amide bonds. The number of amides is 1. The molecule has 0 spiro atoms. The first kappa shape index (κ1) is 15.7. The van der Waals surface area contributed by atoms with E-state index in [-0.39, 0.29) is 5.91 Å². The summed E-state index contributed by atoms with van der Waals surface area (Å²) in [5.74, 6) is 1.20. The van der Waals surface area contributed by atoms with E-state index in [9.17, 15) is 4.79 Å². The fourth-order valence-corrected chi connectivity index (χ4v) is 2.96. The molecule has 1 aliphatic heterocycles. The lowest BCUT2D eigenvalue weighted by atomic mass is 10.0. The second kappa shape index (κ2) is 6.96. The minimum absolute atomic E-state index is 0.291. The highest BCUT2D eigenvalue weighted by Gasteiger charge is 2.18. The van der Waals surface area contributed by atoms with Crippen LogP contribution in [0.3, 0.4) is 0 Å². The van der Waals surface area contributed by atoms with Crippen LogP contribution in [0, 0.1) is 5.92 Å². The summed E-state index contributed by atoms with van der Waals surface area (Å²) < 4.78 is 0. The van der Waals surface area contributed by atoms with Crippen LogP contribution >= 0.6 is 11.6 Å². The number of nitrogens with one attached hydrogen (secondary N) is 1. The maximum absolute atomic E-state index is 12.2. The number of rotatable bonds is 3. The Hall–Kier alpha value is -2.14. The average Bonchev–Trinajstić information content (AvgIpc) is 2.55. The van der Waals surface area contributed by atoms with Crippen molar-refractivity contribution in [2.24, 2.45) is 5.92 Å². The van der Waals surface area contributed by atoms with Crippen LogP contribution in [-0.2, 0) is 0 Å². The Morgan fingerprint density at radius 2 is 2.17 bits per heavy atom. The molecule has 1 unspecified atom stereocenters. The van der Waals surface area contributed by atoms with Gasteiger partial charge in [0.2, 0.25) is 0 Å². The maximum Gasteiger partial charge on any atom is 0.276 e. The van der Waals surface area contributed by atoms with E-state index in [1.165, 1.54) is 12.8 Å². The Kier molecular flexibility index (Phi) is 4.76. The van der Waals surface area contributed by atoms with Gasteiger partial charge in [0.05, 0.1) is 0 Å². The van der Waals surface area contributed by atoms with Crippen molar-refractivity contribution < 1.29 is 4.79 Å². The lowest BCUT2D eigenvalue weighted by Crippen LogP contribution is -2.35.